The van der Waals surface area contributed by atoms with Crippen LogP contribution in [-0.4, -0.2) is 24.0 Å². The number of nitrogens with zero attached hydrogens (tertiary/aromatic N) is 1. The largest absolute Gasteiger partial charge is 0.465 e. The second kappa shape index (κ2) is 10.7. The zero-order valence-corrected chi connectivity index (χ0v) is 24.6. The van der Waals surface area contributed by atoms with Gasteiger partial charge in [-0.05, 0) is 66.8 Å². The predicted octanol–water partition coefficient (Wildman–Crippen LogP) is 8.51. The number of amides is 1. The van der Waals surface area contributed by atoms with Crippen LogP contribution < -0.4 is 5.32 Å². The second-order valence-corrected chi connectivity index (χ2v) is 12.5. The van der Waals surface area contributed by atoms with Crippen molar-refractivity contribution in [1.29, 1.82) is 0 Å². The Morgan fingerprint density at radius 3 is 2.64 bits per heavy atom. The molecule has 0 aliphatic heterocycles. The van der Waals surface area contributed by atoms with Crippen LogP contribution in [0.3, 0.4) is 0 Å². The van der Waals surface area contributed by atoms with Gasteiger partial charge in [-0.25, -0.2) is 9.78 Å². The Hall–Kier alpha value is -3.22. The number of para-hydroxylation sites is 1. The van der Waals surface area contributed by atoms with E-state index >= 15 is 0 Å². The molecule has 2 heterocycles. The van der Waals surface area contributed by atoms with E-state index in [0.717, 1.165) is 47.8 Å². The van der Waals surface area contributed by atoms with Gasteiger partial charge in [-0.15, -0.1) is 11.3 Å². The molecule has 0 fully saturated rings. The number of aromatic nitrogens is 1. The molecule has 202 valence electrons. The number of pyridine rings is 1. The lowest BCUT2D eigenvalue weighted by molar-refractivity contribution is 0.0600. The van der Waals surface area contributed by atoms with E-state index < -0.39 is 5.97 Å². The molecule has 1 unspecified atom stereocenters. The minimum atomic E-state index is -0.410. The van der Waals surface area contributed by atoms with E-state index in [1.807, 2.05) is 55.5 Å². The minimum Gasteiger partial charge on any atom is -0.465 e. The fraction of sp³-hybridized carbons (Fsp3) is 0.344. The van der Waals surface area contributed by atoms with Crippen molar-refractivity contribution in [3.05, 3.63) is 80.7 Å². The average Bonchev–Trinajstić information content (AvgIpc) is 3.29. The van der Waals surface area contributed by atoms with Crippen LogP contribution in [0.1, 0.15) is 70.3 Å². The first-order valence-electron chi connectivity index (χ1n) is 13.3. The SMILES string of the molecule is CCC(C)(C)C1CCc2c(sc(NC(=O)c3c(C)c(-c4cccc(Cl)c4)nc4ccccc34)c2C(=O)OC)C1. The quantitative estimate of drug-likeness (QED) is 0.240. The van der Waals surface area contributed by atoms with Gasteiger partial charge >= 0.3 is 5.97 Å². The summed E-state index contributed by atoms with van der Waals surface area (Å²) in [5, 5.41) is 5.02. The number of carbonyl (C=O) groups is 2. The highest BCUT2D eigenvalue weighted by atomic mass is 35.5. The van der Waals surface area contributed by atoms with Gasteiger partial charge in [0, 0.05) is 20.8 Å². The highest BCUT2D eigenvalue weighted by Crippen LogP contribution is 2.46. The number of hydrogen-bond acceptors (Lipinski definition) is 5. The Morgan fingerprint density at radius 1 is 1.15 bits per heavy atom. The summed E-state index contributed by atoms with van der Waals surface area (Å²) in [4.78, 5) is 33.1. The van der Waals surface area contributed by atoms with E-state index in [9.17, 15) is 9.59 Å². The van der Waals surface area contributed by atoms with Crippen LogP contribution in [0.4, 0.5) is 5.00 Å². The molecule has 7 heteroatoms. The number of benzene rings is 2. The van der Waals surface area contributed by atoms with Crippen molar-refractivity contribution in [2.75, 3.05) is 12.4 Å². The summed E-state index contributed by atoms with van der Waals surface area (Å²) in [6, 6.07) is 15.1. The molecule has 5 rings (SSSR count). The summed E-state index contributed by atoms with van der Waals surface area (Å²) < 4.78 is 5.18. The number of hydrogen-bond donors (Lipinski definition) is 1. The van der Waals surface area contributed by atoms with Crippen molar-refractivity contribution < 1.29 is 14.3 Å². The van der Waals surface area contributed by atoms with Crippen LogP contribution in [0.25, 0.3) is 22.2 Å². The van der Waals surface area contributed by atoms with Crippen LogP contribution in [0.5, 0.6) is 0 Å². The summed E-state index contributed by atoms with van der Waals surface area (Å²) in [5.41, 5.74) is 5.25. The number of rotatable bonds is 6. The average molecular weight is 561 g/mol. The molecule has 0 saturated carbocycles. The smallest absolute Gasteiger partial charge is 0.341 e. The van der Waals surface area contributed by atoms with Gasteiger partial charge in [0.05, 0.1) is 29.4 Å². The zero-order valence-electron chi connectivity index (χ0n) is 23.0. The summed E-state index contributed by atoms with van der Waals surface area (Å²) in [6.07, 6.45) is 3.81. The fourth-order valence-corrected chi connectivity index (χ4v) is 7.13. The Morgan fingerprint density at radius 2 is 1.92 bits per heavy atom. The number of anilines is 1. The molecule has 4 aromatic rings. The van der Waals surface area contributed by atoms with Gasteiger partial charge < -0.3 is 10.1 Å². The maximum Gasteiger partial charge on any atom is 0.341 e. The molecule has 39 heavy (non-hydrogen) atoms. The number of methoxy groups -OCH3 is 1. The summed E-state index contributed by atoms with van der Waals surface area (Å²) >= 11 is 7.79. The topological polar surface area (TPSA) is 68.3 Å². The lowest BCUT2D eigenvalue weighted by Crippen LogP contribution is -2.28. The van der Waals surface area contributed by atoms with E-state index in [2.05, 4.69) is 26.1 Å². The van der Waals surface area contributed by atoms with Crippen LogP contribution in [0.15, 0.2) is 48.5 Å². The molecule has 1 amide bonds. The first-order valence-corrected chi connectivity index (χ1v) is 14.5. The third-order valence-corrected chi connectivity index (χ3v) is 9.76. The number of halogens is 1. The maximum absolute atomic E-state index is 14.0. The Balaban J connectivity index is 1.59. The molecule has 2 aromatic carbocycles. The van der Waals surface area contributed by atoms with Gasteiger partial charge in [-0.3, -0.25) is 4.79 Å². The molecular formula is C32H33ClN2O3S. The van der Waals surface area contributed by atoms with E-state index in [1.165, 1.54) is 23.3 Å². The van der Waals surface area contributed by atoms with Crippen molar-refractivity contribution in [1.82, 2.24) is 4.98 Å². The monoisotopic (exact) mass is 560 g/mol. The van der Waals surface area contributed by atoms with Gasteiger partial charge in [0.25, 0.3) is 5.91 Å². The normalized spacial score (nSPS) is 15.2. The minimum absolute atomic E-state index is 0.209. The molecule has 0 spiro atoms. The number of fused-ring (bicyclic) bond motifs is 2. The van der Waals surface area contributed by atoms with Crippen molar-refractivity contribution in [2.45, 2.75) is 53.4 Å². The van der Waals surface area contributed by atoms with Crippen LogP contribution in [-0.2, 0) is 17.6 Å². The molecule has 1 N–H and O–H groups in total. The zero-order chi connectivity index (χ0) is 27.9. The highest BCUT2D eigenvalue weighted by molar-refractivity contribution is 7.17. The van der Waals surface area contributed by atoms with Crippen LogP contribution in [0.2, 0.25) is 5.02 Å². The highest BCUT2D eigenvalue weighted by Gasteiger charge is 2.36. The van der Waals surface area contributed by atoms with Gasteiger partial charge in [0.15, 0.2) is 0 Å². The molecule has 1 aliphatic rings. The number of esters is 1. The standard InChI is InChI=1S/C32H33ClN2O3S/c1-6-32(3,4)20-14-15-23-25(17-20)39-30(27(23)31(37)38-5)35-29(36)26-18(2)28(19-10-9-11-21(33)16-19)34-24-13-8-7-12-22(24)26/h7-13,16,20H,6,14-15,17H2,1-5H3,(H,35,36). The van der Waals surface area contributed by atoms with Crippen molar-refractivity contribution in [2.24, 2.45) is 11.3 Å². The molecular weight excluding hydrogens is 528 g/mol. The number of ether oxygens (including phenoxy) is 1. The van der Waals surface area contributed by atoms with Crippen molar-refractivity contribution >= 4 is 50.7 Å². The van der Waals surface area contributed by atoms with E-state index in [-0.39, 0.29) is 11.3 Å². The Kier molecular flexibility index (Phi) is 7.53. The van der Waals surface area contributed by atoms with Gasteiger partial charge in [0.2, 0.25) is 0 Å². The van der Waals surface area contributed by atoms with Gasteiger partial charge in [-0.2, -0.15) is 0 Å². The number of carbonyl (C=O) groups excluding carboxylic acids is 2. The first-order chi connectivity index (χ1) is 18.6. The summed E-state index contributed by atoms with van der Waals surface area (Å²) in [6.45, 7) is 8.77. The molecule has 0 saturated heterocycles. The second-order valence-electron chi connectivity index (χ2n) is 10.9. The van der Waals surface area contributed by atoms with E-state index in [1.54, 1.807) is 0 Å². The molecule has 1 atom stereocenters. The summed E-state index contributed by atoms with van der Waals surface area (Å²) in [7, 11) is 1.39. The maximum atomic E-state index is 14.0. The first kappa shape index (κ1) is 27.4. The van der Waals surface area contributed by atoms with Crippen LogP contribution in [0, 0.1) is 18.3 Å². The van der Waals surface area contributed by atoms with E-state index in [4.69, 9.17) is 21.3 Å². The fourth-order valence-electron chi connectivity index (χ4n) is 5.63. The molecule has 0 radical (unpaired) electrons. The number of nitrogens with one attached hydrogen (secondary N) is 1. The lowest BCUT2D eigenvalue weighted by atomic mass is 9.69. The Bertz CT molecular complexity index is 1590. The van der Waals surface area contributed by atoms with Crippen molar-refractivity contribution in [3.63, 3.8) is 0 Å². The third-order valence-electron chi connectivity index (χ3n) is 8.36. The van der Waals surface area contributed by atoms with Gasteiger partial charge in [0.1, 0.15) is 5.00 Å². The Labute approximate surface area is 238 Å². The predicted molar refractivity (Wildman–Crippen MR) is 160 cm³/mol. The number of thiophene rings is 1. The molecule has 0 bridgehead atoms. The van der Waals surface area contributed by atoms with E-state index in [0.29, 0.717) is 38.3 Å². The molecule has 1 aliphatic carbocycles. The molecule has 5 nitrogen and oxygen atoms in total. The van der Waals surface area contributed by atoms with Crippen LogP contribution >= 0.6 is 22.9 Å². The lowest BCUT2D eigenvalue weighted by Gasteiger charge is -2.36. The third kappa shape index (κ3) is 5.08. The summed E-state index contributed by atoms with van der Waals surface area (Å²) in [5.74, 6) is -0.162. The molecule has 2 aromatic heterocycles. The van der Waals surface area contributed by atoms with Crippen molar-refractivity contribution in [3.8, 4) is 11.3 Å². The van der Waals surface area contributed by atoms with Gasteiger partial charge in [-0.1, -0.05) is 69.1 Å².